The lowest BCUT2D eigenvalue weighted by atomic mass is 9.54. The minimum Gasteiger partial charge on any atom is -0.508 e. The summed E-state index contributed by atoms with van der Waals surface area (Å²) in [6, 6.07) is 5.96. The van der Waals surface area contributed by atoms with Crippen molar-refractivity contribution in [2.75, 3.05) is 0 Å². The van der Waals surface area contributed by atoms with E-state index in [0.717, 1.165) is 25.7 Å². The number of hydrogen-bond acceptors (Lipinski definition) is 2. The van der Waals surface area contributed by atoms with Crippen molar-refractivity contribution in [3.8, 4) is 5.75 Å². The molecule has 2 N–H and O–H groups in total. The van der Waals surface area contributed by atoms with Crippen LogP contribution in [0, 0.1) is 23.2 Å². The summed E-state index contributed by atoms with van der Waals surface area (Å²) in [5, 5.41) is 20.5. The zero-order valence-corrected chi connectivity index (χ0v) is 14.0. The summed E-state index contributed by atoms with van der Waals surface area (Å²) < 4.78 is 0. The molecule has 2 saturated carbocycles. The van der Waals surface area contributed by atoms with Gasteiger partial charge in [0.15, 0.2) is 0 Å². The van der Waals surface area contributed by atoms with E-state index in [1.807, 2.05) is 18.2 Å². The Morgan fingerprint density at radius 3 is 2.96 bits per heavy atom. The van der Waals surface area contributed by atoms with Gasteiger partial charge >= 0.3 is 0 Å². The third-order valence-electron chi connectivity index (χ3n) is 7.27. The Morgan fingerprint density at radius 1 is 1.35 bits per heavy atom. The van der Waals surface area contributed by atoms with Crippen molar-refractivity contribution in [2.45, 2.75) is 57.5 Å². The molecule has 2 nitrogen and oxygen atoms in total. The van der Waals surface area contributed by atoms with Crippen LogP contribution in [0.25, 0.3) is 0 Å². The van der Waals surface area contributed by atoms with Crippen molar-refractivity contribution in [3.05, 3.63) is 42.0 Å². The van der Waals surface area contributed by atoms with E-state index in [1.165, 1.54) is 24.0 Å². The molecule has 0 aliphatic heterocycles. The average molecular weight is 312 g/mol. The van der Waals surface area contributed by atoms with Gasteiger partial charge in [0.05, 0.1) is 6.10 Å². The van der Waals surface area contributed by atoms with Gasteiger partial charge in [-0.15, -0.1) is 6.58 Å². The Balaban J connectivity index is 1.72. The predicted molar refractivity (Wildman–Crippen MR) is 92.4 cm³/mol. The first kappa shape index (κ1) is 15.3. The summed E-state index contributed by atoms with van der Waals surface area (Å²) in [6.07, 6.45) is 8.42. The van der Waals surface area contributed by atoms with Gasteiger partial charge in [-0.3, -0.25) is 0 Å². The fourth-order valence-electron chi connectivity index (χ4n) is 6.28. The molecule has 2 fully saturated rings. The van der Waals surface area contributed by atoms with E-state index in [9.17, 15) is 10.2 Å². The highest BCUT2D eigenvalue weighted by Gasteiger charge is 2.57. The number of allylic oxidation sites excluding steroid dienone is 1. The Kier molecular flexibility index (Phi) is 3.57. The molecule has 124 valence electrons. The van der Waals surface area contributed by atoms with E-state index < -0.39 is 0 Å². The number of benzene rings is 1. The number of phenols is 1. The van der Waals surface area contributed by atoms with Crippen LogP contribution >= 0.6 is 0 Å². The van der Waals surface area contributed by atoms with Gasteiger partial charge < -0.3 is 10.2 Å². The predicted octanol–water partition coefficient (Wildman–Crippen LogP) is 4.41. The monoisotopic (exact) mass is 312 g/mol. The molecule has 2 heteroatoms. The maximum absolute atomic E-state index is 10.7. The first-order valence-corrected chi connectivity index (χ1v) is 9.15. The van der Waals surface area contributed by atoms with Crippen molar-refractivity contribution in [3.63, 3.8) is 0 Å². The second kappa shape index (κ2) is 5.37. The van der Waals surface area contributed by atoms with Gasteiger partial charge in [0, 0.05) is 0 Å². The molecule has 3 aliphatic carbocycles. The van der Waals surface area contributed by atoms with Crippen molar-refractivity contribution in [1.29, 1.82) is 0 Å². The van der Waals surface area contributed by atoms with Crippen molar-refractivity contribution in [2.24, 2.45) is 23.2 Å². The number of rotatable bonds is 2. The number of fused-ring (bicyclic) bond motifs is 5. The molecule has 0 saturated heterocycles. The van der Waals surface area contributed by atoms with E-state index in [0.29, 0.717) is 29.4 Å². The van der Waals surface area contributed by atoms with E-state index in [1.54, 1.807) is 0 Å². The Bertz CT molecular complexity index is 622. The van der Waals surface area contributed by atoms with Gasteiger partial charge in [-0.1, -0.05) is 19.1 Å². The molecule has 1 aromatic carbocycles. The normalized spacial score (nSPS) is 41.7. The molecule has 4 rings (SSSR count). The lowest BCUT2D eigenvalue weighted by Gasteiger charge is -2.51. The molecular formula is C21H28O2. The summed E-state index contributed by atoms with van der Waals surface area (Å²) in [5.74, 6) is 2.86. The number of hydrogen-bond donors (Lipinski definition) is 2. The molecule has 0 unspecified atom stereocenters. The third-order valence-corrected chi connectivity index (χ3v) is 7.27. The number of aryl methyl sites for hydroxylation is 1. The zero-order chi connectivity index (χ0) is 16.2. The van der Waals surface area contributed by atoms with Crippen LogP contribution in [0.1, 0.15) is 56.1 Å². The van der Waals surface area contributed by atoms with Crippen LogP contribution in [0.5, 0.6) is 5.75 Å². The second-order valence-electron chi connectivity index (χ2n) is 8.30. The second-order valence-corrected chi connectivity index (χ2v) is 8.30. The van der Waals surface area contributed by atoms with Gasteiger partial charge in [0.2, 0.25) is 0 Å². The topological polar surface area (TPSA) is 40.5 Å². The molecule has 0 bridgehead atoms. The largest absolute Gasteiger partial charge is 0.508 e. The maximum Gasteiger partial charge on any atom is 0.115 e. The van der Waals surface area contributed by atoms with Crippen LogP contribution in [-0.2, 0) is 6.42 Å². The van der Waals surface area contributed by atoms with Gasteiger partial charge in [-0.05, 0) is 90.9 Å². The summed E-state index contributed by atoms with van der Waals surface area (Å²) in [5.41, 5.74) is 2.89. The summed E-state index contributed by atoms with van der Waals surface area (Å²) >= 11 is 0. The van der Waals surface area contributed by atoms with Crippen LogP contribution in [0.15, 0.2) is 30.9 Å². The minimum atomic E-state index is -0.153. The van der Waals surface area contributed by atoms with E-state index in [4.69, 9.17) is 0 Å². The molecule has 3 aliphatic rings. The molecule has 0 radical (unpaired) electrons. The summed E-state index contributed by atoms with van der Waals surface area (Å²) in [6.45, 7) is 6.28. The zero-order valence-electron chi connectivity index (χ0n) is 14.0. The van der Waals surface area contributed by atoms with Gasteiger partial charge in [-0.25, -0.2) is 0 Å². The molecule has 1 aromatic rings. The van der Waals surface area contributed by atoms with Crippen molar-refractivity contribution < 1.29 is 10.2 Å². The van der Waals surface area contributed by atoms with E-state index in [2.05, 4.69) is 19.6 Å². The molecule has 0 spiro atoms. The van der Waals surface area contributed by atoms with Crippen LogP contribution in [-0.4, -0.2) is 16.3 Å². The molecule has 0 aromatic heterocycles. The van der Waals surface area contributed by atoms with Gasteiger partial charge in [0.25, 0.3) is 0 Å². The highest BCUT2D eigenvalue weighted by atomic mass is 16.3. The number of aliphatic hydroxyl groups is 1. The molecule has 6 atom stereocenters. The smallest absolute Gasteiger partial charge is 0.115 e. The van der Waals surface area contributed by atoms with Crippen LogP contribution in [0.2, 0.25) is 0 Å². The van der Waals surface area contributed by atoms with Crippen molar-refractivity contribution in [1.82, 2.24) is 0 Å². The Hall–Kier alpha value is -1.28. The number of phenolic OH excluding ortho intramolecular Hbond substituents is 1. The highest BCUT2D eigenvalue weighted by molar-refractivity contribution is 5.40. The quantitative estimate of drug-likeness (QED) is 0.794. The summed E-state index contributed by atoms with van der Waals surface area (Å²) in [4.78, 5) is 0. The first-order valence-electron chi connectivity index (χ1n) is 9.15. The maximum atomic E-state index is 10.7. The minimum absolute atomic E-state index is 0.0866. The number of aliphatic hydroxyl groups excluding tert-OH is 1. The first-order chi connectivity index (χ1) is 11.0. The van der Waals surface area contributed by atoms with E-state index in [-0.39, 0.29) is 11.5 Å². The van der Waals surface area contributed by atoms with Gasteiger partial charge in [0.1, 0.15) is 5.75 Å². The average Bonchev–Trinajstić information content (AvgIpc) is 2.78. The SMILES string of the molecule is C=CC[C@H]1C[C@H](O)[C@@]2(C)CC[C@@H]3c4ccc(O)cc4CC[C@H]3[C@H]12. The van der Waals surface area contributed by atoms with E-state index >= 15 is 0 Å². The fraction of sp³-hybridized carbons (Fsp3) is 0.619. The lowest BCUT2D eigenvalue weighted by Crippen LogP contribution is -2.45. The lowest BCUT2D eigenvalue weighted by molar-refractivity contribution is -0.0296. The van der Waals surface area contributed by atoms with Crippen LogP contribution < -0.4 is 0 Å². The van der Waals surface area contributed by atoms with Crippen LogP contribution in [0.4, 0.5) is 0 Å². The highest BCUT2D eigenvalue weighted by Crippen LogP contribution is 2.63. The third kappa shape index (κ3) is 2.18. The van der Waals surface area contributed by atoms with Crippen LogP contribution in [0.3, 0.4) is 0 Å². The molecule has 0 amide bonds. The van der Waals surface area contributed by atoms with Crippen molar-refractivity contribution >= 4 is 0 Å². The fourth-order valence-corrected chi connectivity index (χ4v) is 6.28. The molecule has 23 heavy (non-hydrogen) atoms. The molecule has 0 heterocycles. The summed E-state index contributed by atoms with van der Waals surface area (Å²) in [7, 11) is 0. The Labute approximate surface area is 139 Å². The van der Waals surface area contributed by atoms with Gasteiger partial charge in [-0.2, -0.15) is 0 Å². The standard InChI is InChI=1S/C21H28O2/c1-3-4-14-12-19(23)21(2)10-9-17-16-8-6-15(22)11-13(16)5-7-18(17)20(14)21/h3,6,8,11,14,17-20,22-23H,1,4-5,7,9-10,12H2,2H3/t14-,17+,18+,19-,20-,21+/m0/s1. The number of aromatic hydroxyl groups is 1. The molecular weight excluding hydrogens is 284 g/mol. The Morgan fingerprint density at radius 2 is 2.17 bits per heavy atom.